The van der Waals surface area contributed by atoms with Crippen LogP contribution in [-0.4, -0.2) is 29.7 Å². The highest BCUT2D eigenvalue weighted by Gasteiger charge is 2.10. The summed E-state index contributed by atoms with van der Waals surface area (Å²) in [4.78, 5) is 26.7. The quantitative estimate of drug-likeness (QED) is 0.513. The van der Waals surface area contributed by atoms with E-state index in [0.717, 1.165) is 15.8 Å². The van der Waals surface area contributed by atoms with E-state index in [2.05, 4.69) is 16.8 Å². The molecule has 4 nitrogen and oxygen atoms in total. The number of hydrogen-bond acceptors (Lipinski definition) is 4. The Kier molecular flexibility index (Phi) is 7.37. The smallest absolute Gasteiger partial charge is 0.225 e. The molecule has 1 N–H and O–H groups in total. The second-order valence-corrected chi connectivity index (χ2v) is 7.46. The normalized spacial score (nSPS) is 10.7. The summed E-state index contributed by atoms with van der Waals surface area (Å²) in [6.07, 6.45) is 2.20. The van der Waals surface area contributed by atoms with E-state index in [1.165, 1.54) is 6.92 Å². The molecule has 6 heteroatoms. The second-order valence-electron chi connectivity index (χ2n) is 5.66. The summed E-state index contributed by atoms with van der Waals surface area (Å²) in [6.45, 7) is 7.36. The molecule has 1 aromatic heterocycles. The number of carbonyl (C=O) groups is 2. The van der Waals surface area contributed by atoms with Crippen LogP contribution in [0.1, 0.15) is 28.6 Å². The van der Waals surface area contributed by atoms with Gasteiger partial charge < -0.3 is 5.32 Å². The molecule has 2 rings (SSSR count). The van der Waals surface area contributed by atoms with Crippen LogP contribution in [0.4, 0.5) is 5.69 Å². The lowest BCUT2D eigenvalue weighted by Gasteiger charge is -2.19. The summed E-state index contributed by atoms with van der Waals surface area (Å²) in [5.41, 5.74) is 1.32. The van der Waals surface area contributed by atoms with Crippen LogP contribution in [0.25, 0.3) is 0 Å². The first-order chi connectivity index (χ1) is 12.0. The topological polar surface area (TPSA) is 49.4 Å². The Morgan fingerprint density at radius 2 is 1.96 bits per heavy atom. The summed E-state index contributed by atoms with van der Waals surface area (Å²) in [5, 5.41) is 2.85. The molecule has 0 radical (unpaired) electrons. The second kappa shape index (κ2) is 9.51. The van der Waals surface area contributed by atoms with Crippen molar-refractivity contribution in [3.8, 4) is 0 Å². The number of ketones is 1. The third-order valence-electron chi connectivity index (χ3n) is 3.63. The minimum atomic E-state index is -0.0613. The Hall–Kier alpha value is -1.95. The van der Waals surface area contributed by atoms with Gasteiger partial charge in [0.2, 0.25) is 5.91 Å². The fourth-order valence-corrected chi connectivity index (χ4v) is 3.48. The standard InChI is InChI=1S/C19H21ClN2O2S/c1-3-11-22(13-17-8-9-18(20)25-17)12-10-19(24)21-16-6-4-15(5-7-16)14(2)23/h3-9H,1,10-13H2,2H3,(H,21,24). The maximum Gasteiger partial charge on any atom is 0.225 e. The van der Waals surface area contributed by atoms with Gasteiger partial charge in [-0.15, -0.1) is 17.9 Å². The molecule has 0 atom stereocenters. The van der Waals surface area contributed by atoms with Crippen molar-refractivity contribution in [1.82, 2.24) is 4.90 Å². The average molecular weight is 377 g/mol. The fraction of sp³-hybridized carbons (Fsp3) is 0.263. The van der Waals surface area contributed by atoms with Crippen LogP contribution in [-0.2, 0) is 11.3 Å². The van der Waals surface area contributed by atoms with Crippen molar-refractivity contribution in [3.63, 3.8) is 0 Å². The summed E-state index contributed by atoms with van der Waals surface area (Å²) >= 11 is 7.51. The predicted octanol–water partition coefficient (Wildman–Crippen LogP) is 4.62. The van der Waals surface area contributed by atoms with Crippen molar-refractivity contribution in [1.29, 1.82) is 0 Å². The first kappa shape index (κ1) is 19.4. The van der Waals surface area contributed by atoms with Gasteiger partial charge in [-0.1, -0.05) is 17.7 Å². The zero-order chi connectivity index (χ0) is 18.2. The summed E-state index contributed by atoms with van der Waals surface area (Å²) in [5.74, 6) is -0.0551. The Morgan fingerprint density at radius 3 is 2.52 bits per heavy atom. The lowest BCUT2D eigenvalue weighted by Crippen LogP contribution is -2.27. The molecular weight excluding hydrogens is 356 g/mol. The first-order valence-electron chi connectivity index (χ1n) is 7.96. The van der Waals surface area contributed by atoms with Gasteiger partial charge in [-0.25, -0.2) is 0 Å². The largest absolute Gasteiger partial charge is 0.326 e. The van der Waals surface area contributed by atoms with E-state index < -0.39 is 0 Å². The highest BCUT2D eigenvalue weighted by molar-refractivity contribution is 7.16. The van der Waals surface area contributed by atoms with Crippen LogP contribution < -0.4 is 5.32 Å². The fourth-order valence-electron chi connectivity index (χ4n) is 2.35. The van der Waals surface area contributed by atoms with Crippen molar-refractivity contribution in [3.05, 3.63) is 63.8 Å². The number of hydrogen-bond donors (Lipinski definition) is 1. The van der Waals surface area contributed by atoms with E-state index >= 15 is 0 Å². The third kappa shape index (κ3) is 6.46. The van der Waals surface area contributed by atoms with Gasteiger partial charge in [0, 0.05) is 42.2 Å². The molecule has 0 saturated carbocycles. The molecule has 0 aliphatic heterocycles. The zero-order valence-corrected chi connectivity index (χ0v) is 15.7. The SMILES string of the molecule is C=CCN(CCC(=O)Nc1ccc(C(C)=O)cc1)Cc1ccc(Cl)s1. The van der Waals surface area contributed by atoms with Crippen molar-refractivity contribution in [2.24, 2.45) is 0 Å². The van der Waals surface area contributed by atoms with Crippen LogP contribution in [0.15, 0.2) is 49.1 Å². The average Bonchev–Trinajstić information content (AvgIpc) is 2.98. The number of thiophene rings is 1. The highest BCUT2D eigenvalue weighted by Crippen LogP contribution is 2.22. The van der Waals surface area contributed by atoms with E-state index in [-0.39, 0.29) is 11.7 Å². The predicted molar refractivity (Wildman–Crippen MR) is 104 cm³/mol. The molecule has 132 valence electrons. The number of Topliss-reactive ketones (excluding diaryl/α,β-unsaturated/α-hetero) is 1. The van der Waals surface area contributed by atoms with Gasteiger partial charge in [0.05, 0.1) is 4.34 Å². The van der Waals surface area contributed by atoms with E-state index in [1.54, 1.807) is 35.6 Å². The number of rotatable bonds is 9. The Morgan fingerprint density at radius 1 is 1.24 bits per heavy atom. The van der Waals surface area contributed by atoms with Crippen LogP contribution in [0.3, 0.4) is 0 Å². The van der Waals surface area contributed by atoms with Crippen molar-refractivity contribution in [2.75, 3.05) is 18.4 Å². The molecule has 2 aromatic rings. The van der Waals surface area contributed by atoms with Gasteiger partial charge in [0.15, 0.2) is 5.78 Å². The van der Waals surface area contributed by atoms with Gasteiger partial charge >= 0.3 is 0 Å². The number of benzene rings is 1. The lowest BCUT2D eigenvalue weighted by molar-refractivity contribution is -0.116. The first-order valence-corrected chi connectivity index (χ1v) is 9.15. The Labute approximate surface area is 157 Å². The Bertz CT molecular complexity index is 740. The van der Waals surface area contributed by atoms with E-state index in [0.29, 0.717) is 30.8 Å². The molecule has 1 heterocycles. The molecule has 0 fully saturated rings. The van der Waals surface area contributed by atoms with Crippen LogP contribution in [0.2, 0.25) is 4.34 Å². The maximum atomic E-state index is 12.1. The number of amides is 1. The zero-order valence-electron chi connectivity index (χ0n) is 14.1. The molecule has 0 spiro atoms. The molecule has 0 aliphatic carbocycles. The Balaban J connectivity index is 1.85. The number of halogens is 1. The van der Waals surface area contributed by atoms with Crippen LogP contribution >= 0.6 is 22.9 Å². The third-order valence-corrected chi connectivity index (χ3v) is 4.84. The maximum absolute atomic E-state index is 12.1. The van der Waals surface area contributed by atoms with Gasteiger partial charge in [0.1, 0.15) is 0 Å². The van der Waals surface area contributed by atoms with Crippen LogP contribution in [0.5, 0.6) is 0 Å². The van der Waals surface area contributed by atoms with Gasteiger partial charge in [-0.2, -0.15) is 0 Å². The van der Waals surface area contributed by atoms with Crippen molar-refractivity contribution >= 4 is 40.3 Å². The molecule has 0 saturated heterocycles. The van der Waals surface area contributed by atoms with E-state index in [9.17, 15) is 9.59 Å². The highest BCUT2D eigenvalue weighted by atomic mass is 35.5. The van der Waals surface area contributed by atoms with E-state index in [1.807, 2.05) is 18.2 Å². The molecule has 0 bridgehead atoms. The minimum Gasteiger partial charge on any atom is -0.326 e. The summed E-state index contributed by atoms with van der Waals surface area (Å²) in [6, 6.07) is 10.8. The molecular formula is C19H21ClN2O2S. The van der Waals surface area contributed by atoms with Crippen molar-refractivity contribution < 1.29 is 9.59 Å². The molecule has 25 heavy (non-hydrogen) atoms. The monoisotopic (exact) mass is 376 g/mol. The minimum absolute atomic E-state index is 0.00613. The number of nitrogens with one attached hydrogen (secondary N) is 1. The van der Waals surface area contributed by atoms with E-state index in [4.69, 9.17) is 11.6 Å². The van der Waals surface area contributed by atoms with Gasteiger partial charge in [-0.3, -0.25) is 14.5 Å². The molecule has 0 aliphatic rings. The molecule has 1 aromatic carbocycles. The lowest BCUT2D eigenvalue weighted by atomic mass is 10.1. The van der Waals surface area contributed by atoms with Crippen molar-refractivity contribution in [2.45, 2.75) is 19.9 Å². The summed E-state index contributed by atoms with van der Waals surface area (Å²) < 4.78 is 0.764. The molecule has 0 unspecified atom stereocenters. The number of nitrogens with zero attached hydrogens (tertiary/aromatic N) is 1. The van der Waals surface area contributed by atoms with Crippen LogP contribution in [0, 0.1) is 0 Å². The number of carbonyl (C=O) groups excluding carboxylic acids is 2. The van der Waals surface area contributed by atoms with Gasteiger partial charge in [0.25, 0.3) is 0 Å². The summed E-state index contributed by atoms with van der Waals surface area (Å²) in [7, 11) is 0. The number of anilines is 1. The molecule has 1 amide bonds. The van der Waals surface area contributed by atoms with Gasteiger partial charge in [-0.05, 0) is 43.3 Å².